The third kappa shape index (κ3) is 12.5. The maximum Gasteiger partial charge on any atom is 0.281 e. The van der Waals surface area contributed by atoms with E-state index in [1.54, 1.807) is 48.9 Å². The van der Waals surface area contributed by atoms with E-state index in [9.17, 15) is 9.59 Å². The monoisotopic (exact) mass is 881 g/mol. The summed E-state index contributed by atoms with van der Waals surface area (Å²) in [7, 11) is 7.13. The molecule has 0 spiro atoms. The molecule has 0 unspecified atom stereocenters. The first-order valence-electron chi connectivity index (χ1n) is 18.9. The Bertz CT molecular complexity index is 2300. The Hall–Kier alpha value is -4.52. The van der Waals surface area contributed by atoms with E-state index in [1.807, 2.05) is 82.0 Å². The van der Waals surface area contributed by atoms with Gasteiger partial charge in [0, 0.05) is 111 Å². The van der Waals surface area contributed by atoms with Gasteiger partial charge in [-0.25, -0.2) is 19.3 Å². The minimum Gasteiger partial charge on any atom is -0.476 e. The lowest BCUT2D eigenvalue weighted by Crippen LogP contribution is -2.24. The normalized spacial score (nSPS) is 17.6. The van der Waals surface area contributed by atoms with Crippen LogP contribution in [-0.2, 0) is 47.6 Å². The number of thiazole rings is 2. The first-order chi connectivity index (χ1) is 27.4. The number of nitrogens with two attached hydrogens (primary N) is 1. The highest BCUT2D eigenvalue weighted by Crippen LogP contribution is 2.47. The van der Waals surface area contributed by atoms with Crippen LogP contribution in [0.1, 0.15) is 75.2 Å². The number of aryl methyl sites for hydroxylation is 8. The van der Waals surface area contributed by atoms with Crippen molar-refractivity contribution in [2.75, 3.05) is 13.2 Å². The molecule has 0 aromatic carbocycles. The van der Waals surface area contributed by atoms with Crippen molar-refractivity contribution in [3.05, 3.63) is 111 Å². The fourth-order valence-electron chi connectivity index (χ4n) is 6.02. The summed E-state index contributed by atoms with van der Waals surface area (Å²) in [4.78, 5) is 34.5. The number of hydrogen-bond acceptors (Lipinski definition) is 13. The first-order valence-corrected chi connectivity index (χ1v) is 21.4. The smallest absolute Gasteiger partial charge is 0.281 e. The van der Waals surface area contributed by atoms with E-state index in [2.05, 4.69) is 52.4 Å². The molecule has 15 nitrogen and oxygen atoms in total. The van der Waals surface area contributed by atoms with Crippen molar-refractivity contribution in [1.82, 2.24) is 49.1 Å². The molecule has 6 aromatic rings. The van der Waals surface area contributed by atoms with Gasteiger partial charge in [0.1, 0.15) is 0 Å². The minimum atomic E-state index is -0.171. The summed E-state index contributed by atoms with van der Waals surface area (Å²) in [5.74, 6) is 2.86. The molecule has 6 heterocycles. The summed E-state index contributed by atoms with van der Waals surface area (Å²) in [5.41, 5.74) is 8.07. The fourth-order valence-corrected chi connectivity index (χ4v) is 7.94. The van der Waals surface area contributed by atoms with E-state index in [4.69, 9.17) is 15.2 Å². The molecule has 4 atom stereocenters. The zero-order valence-corrected chi connectivity index (χ0v) is 37.0. The van der Waals surface area contributed by atoms with Gasteiger partial charge in [0.15, 0.2) is 0 Å². The highest BCUT2D eigenvalue weighted by molar-refractivity contribution is 9.10. The molecule has 0 radical (unpaired) electrons. The van der Waals surface area contributed by atoms with Gasteiger partial charge >= 0.3 is 0 Å². The molecule has 2 aliphatic carbocycles. The Kier molecular flexibility index (Phi) is 15.5. The minimum absolute atomic E-state index is 0.0682. The Labute approximate surface area is 349 Å². The number of aromatic nitrogens is 10. The molecule has 2 fully saturated rings. The van der Waals surface area contributed by atoms with E-state index in [0.29, 0.717) is 66.1 Å². The van der Waals surface area contributed by atoms with Gasteiger partial charge in [-0.2, -0.15) is 10.2 Å². The summed E-state index contributed by atoms with van der Waals surface area (Å²) in [6.07, 6.45) is 11.3. The summed E-state index contributed by atoms with van der Waals surface area (Å²) in [5, 5.41) is 19.3. The van der Waals surface area contributed by atoms with Crippen molar-refractivity contribution < 1.29 is 9.47 Å². The maximum atomic E-state index is 12.4. The van der Waals surface area contributed by atoms with Gasteiger partial charge in [-0.05, 0) is 67.6 Å². The second kappa shape index (κ2) is 20.3. The molecule has 2 saturated carbocycles. The lowest BCUT2D eigenvalue weighted by Gasteiger charge is -2.08. The quantitative estimate of drug-likeness (QED) is 0.161. The van der Waals surface area contributed by atoms with Crippen LogP contribution in [0.3, 0.4) is 0 Å². The Balaban J connectivity index is 0.000000181. The molecule has 18 heteroatoms. The highest BCUT2D eigenvalue weighted by atomic mass is 79.9. The van der Waals surface area contributed by atoms with Crippen molar-refractivity contribution in [2.45, 2.75) is 71.8 Å². The van der Waals surface area contributed by atoms with Crippen molar-refractivity contribution in [1.29, 1.82) is 0 Å². The molecule has 0 saturated heterocycles. The van der Waals surface area contributed by atoms with Gasteiger partial charge < -0.3 is 15.2 Å². The molecular weight excluding hydrogens is 831 g/mol. The Morgan fingerprint density at radius 3 is 1.65 bits per heavy atom. The van der Waals surface area contributed by atoms with Crippen LogP contribution in [0, 0.1) is 25.7 Å². The lowest BCUT2D eigenvalue weighted by atomic mass is 10.1. The number of halogens is 1. The second-order valence-corrected chi connectivity index (χ2v) is 17.2. The van der Waals surface area contributed by atoms with Gasteiger partial charge in [0.2, 0.25) is 11.8 Å². The third-order valence-corrected chi connectivity index (χ3v) is 11.7. The largest absolute Gasteiger partial charge is 0.476 e. The van der Waals surface area contributed by atoms with Crippen LogP contribution in [0.25, 0.3) is 0 Å². The second-order valence-electron chi connectivity index (χ2n) is 13.7. The first kappa shape index (κ1) is 43.6. The zero-order valence-electron chi connectivity index (χ0n) is 33.8. The van der Waals surface area contributed by atoms with Crippen LogP contribution in [0.15, 0.2) is 63.1 Å². The predicted octanol–water partition coefficient (Wildman–Crippen LogP) is 5.64. The van der Waals surface area contributed by atoms with Crippen LogP contribution in [-0.4, -0.2) is 62.3 Å². The molecule has 6 aromatic heterocycles. The van der Waals surface area contributed by atoms with Gasteiger partial charge in [-0.15, -0.1) is 32.9 Å². The van der Waals surface area contributed by atoms with E-state index in [-0.39, 0.29) is 11.1 Å². The molecular formula is C39H52BrN11O4S2. The lowest BCUT2D eigenvalue weighted by molar-refractivity contribution is 0.277. The highest BCUT2D eigenvalue weighted by Gasteiger charge is 2.41. The van der Waals surface area contributed by atoms with E-state index >= 15 is 0 Å². The average molecular weight is 883 g/mol. The number of hydrogen-bond donors (Lipinski definition) is 1. The summed E-state index contributed by atoms with van der Waals surface area (Å²) >= 11 is 6.53. The topological polar surface area (TPSA) is 176 Å². The van der Waals surface area contributed by atoms with Crippen LogP contribution in [0.2, 0.25) is 0 Å². The van der Waals surface area contributed by atoms with Crippen molar-refractivity contribution in [3.63, 3.8) is 0 Å². The van der Waals surface area contributed by atoms with E-state index < -0.39 is 0 Å². The van der Waals surface area contributed by atoms with Crippen LogP contribution >= 0.6 is 38.6 Å². The predicted molar refractivity (Wildman–Crippen MR) is 226 cm³/mol. The van der Waals surface area contributed by atoms with E-state index in [0.717, 1.165) is 51.1 Å². The molecule has 0 aliphatic heterocycles. The molecule has 306 valence electrons. The van der Waals surface area contributed by atoms with Gasteiger partial charge in [-0.3, -0.25) is 19.0 Å². The molecule has 0 bridgehead atoms. The summed E-state index contributed by atoms with van der Waals surface area (Å²) < 4.78 is 18.3. The van der Waals surface area contributed by atoms with Gasteiger partial charge in [-0.1, -0.05) is 13.8 Å². The van der Waals surface area contributed by atoms with Crippen molar-refractivity contribution in [3.8, 4) is 11.8 Å². The summed E-state index contributed by atoms with van der Waals surface area (Å²) in [6.45, 7) is 9.77. The third-order valence-electron chi connectivity index (χ3n) is 9.26. The van der Waals surface area contributed by atoms with Crippen molar-refractivity contribution >= 4 is 38.6 Å². The number of rotatable bonds is 12. The SMILES string of the molecule is CC.Cc1ncc(CCc2cc(OC[C@H]3C[C@@H]3c3ccn(C)n3)nn(C)c2=O)s1.Cc1ncc(CN)s1.Cn1ccc([C@H]2C[C@@H]2COc2cc(Br)c(=O)n(C)n2)n1. The molecule has 57 heavy (non-hydrogen) atoms. The Morgan fingerprint density at radius 1 is 0.737 bits per heavy atom. The fraction of sp³-hybridized carbons (Fsp3) is 0.487. The van der Waals surface area contributed by atoms with E-state index in [1.165, 1.54) is 14.2 Å². The molecule has 2 N–H and O–H groups in total. The van der Waals surface area contributed by atoms with Gasteiger partial charge in [0.05, 0.1) is 39.1 Å². The standard InChI is InChI=1S/C19H23N5O2S.C13H15BrN4O2.C5H8N2S.C2H6/c1-12-20-10-15(27-12)5-4-13-9-18(22-24(3)19(13)25)26-11-14-8-16(14)17-6-7-23(2)21-17;1-17-4-3-11(15-17)9-5-8(9)7-20-12-6-10(14)13(19)18(2)16-12;1-4-7-3-5(2-6)8-4;1-2/h6-7,9-10,14,16H,4-5,8,11H2,1-3H3;3-4,6,8-9H,5,7H2,1-2H3;3H,2,6H2,1H3;1-2H3/t14-,16+;8-,9+;;/m11../s1. The zero-order chi connectivity index (χ0) is 41.2. The number of nitrogens with zero attached hydrogens (tertiary/aromatic N) is 10. The van der Waals surface area contributed by atoms with Crippen LogP contribution < -0.4 is 26.3 Å². The maximum absolute atomic E-state index is 12.4. The molecule has 8 rings (SSSR count). The average Bonchev–Trinajstić information content (AvgIpc) is 3.85. The van der Waals surface area contributed by atoms with Crippen LogP contribution in [0.5, 0.6) is 11.8 Å². The molecule has 2 aliphatic rings. The molecule has 0 amide bonds. The summed E-state index contributed by atoms with van der Waals surface area (Å²) in [6, 6.07) is 7.51. The Morgan fingerprint density at radius 2 is 1.23 bits per heavy atom. The number of ether oxygens (including phenoxy) is 2. The van der Waals surface area contributed by atoms with Crippen LogP contribution in [0.4, 0.5) is 0 Å². The van der Waals surface area contributed by atoms with Gasteiger partial charge in [0.25, 0.3) is 11.1 Å². The van der Waals surface area contributed by atoms with Crippen molar-refractivity contribution in [2.24, 2.45) is 45.8 Å².